The van der Waals surface area contributed by atoms with E-state index in [2.05, 4.69) is 5.32 Å². The van der Waals surface area contributed by atoms with Crippen molar-refractivity contribution in [3.63, 3.8) is 0 Å². The number of benzene rings is 2. The summed E-state index contributed by atoms with van der Waals surface area (Å²) in [5.41, 5.74) is 1.07. The maximum absolute atomic E-state index is 13.3. The topological polar surface area (TPSA) is 55.4 Å². The molecule has 1 N–H and O–H groups in total. The minimum Gasteiger partial charge on any atom is -0.455 e. The van der Waals surface area contributed by atoms with Gasteiger partial charge in [-0.3, -0.25) is 9.59 Å². The normalized spacial score (nSPS) is 15.3. The Morgan fingerprint density at radius 3 is 2.38 bits per heavy atom. The molecule has 6 heteroatoms. The summed E-state index contributed by atoms with van der Waals surface area (Å²) in [5.74, 6) is -1.10. The van der Waals surface area contributed by atoms with E-state index in [9.17, 15) is 14.0 Å². The van der Waals surface area contributed by atoms with Crippen molar-refractivity contribution < 1.29 is 18.7 Å². The Bertz CT molecular complexity index is 983. The van der Waals surface area contributed by atoms with Crippen LogP contribution in [0.3, 0.4) is 0 Å². The molecule has 1 amide bonds. The molecule has 1 heterocycles. The molecule has 2 aromatic carbocycles. The second-order valence-corrected chi connectivity index (χ2v) is 8.07. The van der Waals surface area contributed by atoms with Crippen LogP contribution < -0.4 is 5.32 Å². The van der Waals surface area contributed by atoms with Crippen molar-refractivity contribution in [3.8, 4) is 0 Å². The van der Waals surface area contributed by atoms with Gasteiger partial charge in [-0.25, -0.2) is 4.39 Å². The molecule has 3 aromatic rings. The van der Waals surface area contributed by atoms with Crippen LogP contribution in [0.1, 0.15) is 34.9 Å². The molecular weight excluding hydrogens is 389 g/mol. The van der Waals surface area contributed by atoms with E-state index >= 15 is 0 Å². The quantitative estimate of drug-likeness (QED) is 0.590. The summed E-state index contributed by atoms with van der Waals surface area (Å²) in [6, 6.07) is 18.9. The zero-order valence-electron chi connectivity index (χ0n) is 15.6. The Morgan fingerprint density at radius 2 is 1.76 bits per heavy atom. The third-order valence-electron chi connectivity index (χ3n) is 5.14. The summed E-state index contributed by atoms with van der Waals surface area (Å²) in [6.07, 6.45) is 1.45. The van der Waals surface area contributed by atoms with Crippen molar-refractivity contribution >= 4 is 23.2 Å². The minimum atomic E-state index is -0.619. The highest BCUT2D eigenvalue weighted by molar-refractivity contribution is 7.10. The lowest BCUT2D eigenvalue weighted by molar-refractivity contribution is -0.151. The number of amides is 1. The third-order valence-corrected chi connectivity index (χ3v) is 6.08. The molecule has 0 aliphatic heterocycles. The van der Waals surface area contributed by atoms with Gasteiger partial charge < -0.3 is 10.1 Å². The van der Waals surface area contributed by atoms with Crippen molar-refractivity contribution in [1.82, 2.24) is 5.32 Å². The molecule has 4 nitrogen and oxygen atoms in total. The first kappa shape index (κ1) is 19.3. The van der Waals surface area contributed by atoms with Crippen LogP contribution in [0.5, 0.6) is 0 Å². The van der Waals surface area contributed by atoms with Gasteiger partial charge in [-0.15, -0.1) is 11.3 Å². The van der Waals surface area contributed by atoms with Crippen molar-refractivity contribution in [2.75, 3.05) is 6.61 Å². The van der Waals surface area contributed by atoms with E-state index in [1.165, 1.54) is 23.5 Å². The van der Waals surface area contributed by atoms with E-state index in [0.717, 1.165) is 28.8 Å². The fraction of sp³-hybridized carbons (Fsp3) is 0.217. The number of halogens is 1. The lowest BCUT2D eigenvalue weighted by Gasteiger charge is -2.19. The number of nitrogens with one attached hydrogen (secondary N) is 1. The molecule has 1 aliphatic rings. The summed E-state index contributed by atoms with van der Waals surface area (Å²) in [6.45, 7) is -0.351. The van der Waals surface area contributed by atoms with Gasteiger partial charge in [-0.1, -0.05) is 48.5 Å². The van der Waals surface area contributed by atoms with Crippen molar-refractivity contribution in [2.24, 2.45) is 0 Å². The Labute approximate surface area is 172 Å². The lowest BCUT2D eigenvalue weighted by Crippen LogP contribution is -2.34. The maximum atomic E-state index is 13.3. The zero-order chi connectivity index (χ0) is 20.3. The van der Waals surface area contributed by atoms with Gasteiger partial charge in [0.1, 0.15) is 5.82 Å². The van der Waals surface area contributed by atoms with Gasteiger partial charge in [0.2, 0.25) is 0 Å². The summed E-state index contributed by atoms with van der Waals surface area (Å²) in [4.78, 5) is 26.0. The first-order valence-corrected chi connectivity index (χ1v) is 10.3. The van der Waals surface area contributed by atoms with Crippen LogP contribution in [0.15, 0.2) is 72.1 Å². The van der Waals surface area contributed by atoms with E-state index in [1.54, 1.807) is 12.1 Å². The van der Waals surface area contributed by atoms with Gasteiger partial charge in [0.15, 0.2) is 6.61 Å². The van der Waals surface area contributed by atoms with Gasteiger partial charge >= 0.3 is 5.97 Å². The summed E-state index contributed by atoms with van der Waals surface area (Å²) >= 11 is 1.49. The van der Waals surface area contributed by atoms with Crippen LogP contribution in [0.25, 0.3) is 0 Å². The molecule has 1 aliphatic carbocycles. The average molecular weight is 409 g/mol. The molecule has 4 rings (SSSR count). The number of hydrogen-bond donors (Lipinski definition) is 1. The predicted molar refractivity (Wildman–Crippen MR) is 109 cm³/mol. The smallest absolute Gasteiger partial charge is 0.317 e. The number of hydrogen-bond acceptors (Lipinski definition) is 4. The minimum absolute atomic E-state index is 0.338. The predicted octanol–water partition coefficient (Wildman–Crippen LogP) is 4.37. The number of rotatable bonds is 7. The first-order chi connectivity index (χ1) is 14.1. The van der Waals surface area contributed by atoms with E-state index < -0.39 is 17.4 Å². The third kappa shape index (κ3) is 4.22. The average Bonchev–Trinajstić information content (AvgIpc) is 3.39. The molecule has 1 atom stereocenters. The number of thiophene rings is 1. The molecule has 0 radical (unpaired) electrons. The second kappa shape index (κ2) is 8.17. The summed E-state index contributed by atoms with van der Waals surface area (Å²) < 4.78 is 18.6. The molecule has 148 valence electrons. The second-order valence-electron chi connectivity index (χ2n) is 7.09. The Morgan fingerprint density at radius 1 is 1.03 bits per heavy atom. The number of esters is 1. The molecule has 0 saturated heterocycles. The van der Waals surface area contributed by atoms with Crippen molar-refractivity contribution in [1.29, 1.82) is 0 Å². The largest absolute Gasteiger partial charge is 0.455 e. The molecule has 29 heavy (non-hydrogen) atoms. The molecule has 1 fully saturated rings. The monoisotopic (exact) mass is 409 g/mol. The molecule has 1 aromatic heterocycles. The maximum Gasteiger partial charge on any atom is 0.317 e. The van der Waals surface area contributed by atoms with Gasteiger partial charge in [-0.2, -0.15) is 0 Å². The first-order valence-electron chi connectivity index (χ1n) is 9.39. The van der Waals surface area contributed by atoms with Crippen LogP contribution in [0, 0.1) is 5.82 Å². The highest BCUT2D eigenvalue weighted by Gasteiger charge is 2.52. The van der Waals surface area contributed by atoms with Crippen LogP contribution in [0.2, 0.25) is 0 Å². The Hall–Kier alpha value is -2.99. The molecule has 0 spiro atoms. The van der Waals surface area contributed by atoms with Crippen molar-refractivity contribution in [2.45, 2.75) is 24.3 Å². The van der Waals surface area contributed by atoms with Gasteiger partial charge in [-0.05, 0) is 47.5 Å². The summed E-state index contributed by atoms with van der Waals surface area (Å²) in [7, 11) is 0. The molecule has 1 saturated carbocycles. The molecule has 0 bridgehead atoms. The summed E-state index contributed by atoms with van der Waals surface area (Å²) in [5, 5.41) is 4.81. The van der Waals surface area contributed by atoms with Gasteiger partial charge in [0, 0.05) is 4.88 Å². The van der Waals surface area contributed by atoms with E-state index in [0.29, 0.717) is 0 Å². The van der Waals surface area contributed by atoms with Crippen LogP contribution in [-0.2, 0) is 19.7 Å². The van der Waals surface area contributed by atoms with E-state index in [4.69, 9.17) is 4.74 Å². The van der Waals surface area contributed by atoms with Crippen LogP contribution in [0.4, 0.5) is 4.39 Å². The number of carbonyl (C=O) groups is 2. The van der Waals surface area contributed by atoms with Gasteiger partial charge in [0.05, 0.1) is 11.5 Å². The SMILES string of the molecule is O=C(COC(=O)C1(c2ccccc2)CC1)N[C@H](c1ccc(F)cc1)c1cccs1. The number of carbonyl (C=O) groups excluding carboxylic acids is 2. The highest BCUT2D eigenvalue weighted by atomic mass is 32.1. The Kier molecular flexibility index (Phi) is 5.45. The van der Waals surface area contributed by atoms with E-state index in [1.807, 2.05) is 47.8 Å². The zero-order valence-corrected chi connectivity index (χ0v) is 16.5. The fourth-order valence-electron chi connectivity index (χ4n) is 3.39. The lowest BCUT2D eigenvalue weighted by atomic mass is 9.96. The Balaban J connectivity index is 1.41. The standard InChI is InChI=1S/C23H20FNO3S/c24-18-10-8-16(9-11-18)21(19-7-4-14-29-19)25-20(26)15-28-22(27)23(12-13-23)17-5-2-1-3-6-17/h1-11,14,21H,12-13,15H2,(H,25,26)/t21-/m1/s1. The number of ether oxygens (including phenoxy) is 1. The fourth-order valence-corrected chi connectivity index (χ4v) is 4.20. The molecule has 0 unspecified atom stereocenters. The van der Waals surface area contributed by atoms with E-state index in [-0.39, 0.29) is 18.4 Å². The van der Waals surface area contributed by atoms with Crippen LogP contribution >= 0.6 is 11.3 Å². The highest BCUT2D eigenvalue weighted by Crippen LogP contribution is 2.49. The van der Waals surface area contributed by atoms with Crippen LogP contribution in [-0.4, -0.2) is 18.5 Å². The molecular formula is C23H20FNO3S. The van der Waals surface area contributed by atoms with Crippen molar-refractivity contribution in [3.05, 3.63) is 93.9 Å². The van der Waals surface area contributed by atoms with Gasteiger partial charge in [0.25, 0.3) is 5.91 Å².